The van der Waals surface area contributed by atoms with Crippen molar-refractivity contribution in [2.45, 2.75) is 57.9 Å². The van der Waals surface area contributed by atoms with Crippen molar-refractivity contribution >= 4 is 11.6 Å². The fourth-order valence-corrected chi connectivity index (χ4v) is 3.09. The summed E-state index contributed by atoms with van der Waals surface area (Å²) in [6, 6.07) is 0.0322. The molecule has 100 valence electrons. The molecule has 0 spiro atoms. The summed E-state index contributed by atoms with van der Waals surface area (Å²) in [4.78, 5) is 27.0. The first-order chi connectivity index (χ1) is 8.52. The van der Waals surface area contributed by atoms with E-state index >= 15 is 0 Å². The van der Waals surface area contributed by atoms with Crippen LogP contribution in [0.2, 0.25) is 5.15 Å². The number of hydrogen-bond donors (Lipinski definition) is 1. The molecule has 2 rings (SSSR count). The zero-order valence-corrected chi connectivity index (χ0v) is 11.6. The van der Waals surface area contributed by atoms with Crippen LogP contribution >= 0.6 is 11.6 Å². The minimum absolute atomic E-state index is 0.0108. The Kier molecular flexibility index (Phi) is 3.95. The van der Waals surface area contributed by atoms with Gasteiger partial charge in [0.25, 0.3) is 5.56 Å². The molecular weight excluding hydrogens is 252 g/mol. The van der Waals surface area contributed by atoms with Gasteiger partial charge < -0.3 is 0 Å². The molecule has 0 atom stereocenters. The van der Waals surface area contributed by atoms with Gasteiger partial charge in [-0.2, -0.15) is 0 Å². The Bertz CT molecular complexity index is 539. The minimum atomic E-state index is -0.374. The first kappa shape index (κ1) is 13.4. The van der Waals surface area contributed by atoms with Crippen LogP contribution in [0.3, 0.4) is 0 Å². The van der Waals surface area contributed by atoms with Gasteiger partial charge >= 0.3 is 5.69 Å². The average Bonchev–Trinajstić information content (AvgIpc) is 2.28. The summed E-state index contributed by atoms with van der Waals surface area (Å²) in [7, 11) is 0. The highest BCUT2D eigenvalue weighted by molar-refractivity contribution is 6.30. The fourth-order valence-electron chi connectivity index (χ4n) is 2.71. The standard InChI is InChI=1S/C13H19ClN2O2/c1-8(2)10-11(14)15-13(18)16(12(10)17)9-6-4-3-5-7-9/h8-9H,3-7H2,1-2H3,(H,15,18). The van der Waals surface area contributed by atoms with Crippen molar-refractivity contribution in [2.24, 2.45) is 0 Å². The van der Waals surface area contributed by atoms with Gasteiger partial charge in [-0.3, -0.25) is 14.3 Å². The SMILES string of the molecule is CC(C)c1c(Cl)[nH]c(=O)n(C2CCCCC2)c1=O. The zero-order valence-electron chi connectivity index (χ0n) is 10.8. The predicted molar refractivity (Wildman–Crippen MR) is 72.5 cm³/mol. The first-order valence-electron chi connectivity index (χ1n) is 6.56. The fraction of sp³-hybridized carbons (Fsp3) is 0.692. The number of H-pyrrole nitrogens is 1. The monoisotopic (exact) mass is 270 g/mol. The number of nitrogens with zero attached hydrogens (tertiary/aromatic N) is 1. The van der Waals surface area contributed by atoms with Crippen LogP contribution in [0.4, 0.5) is 0 Å². The molecule has 1 saturated carbocycles. The molecule has 1 aromatic rings. The number of rotatable bonds is 2. The van der Waals surface area contributed by atoms with Crippen molar-refractivity contribution in [1.82, 2.24) is 9.55 Å². The lowest BCUT2D eigenvalue weighted by Crippen LogP contribution is -2.41. The second kappa shape index (κ2) is 5.31. The molecule has 18 heavy (non-hydrogen) atoms. The number of aromatic nitrogens is 2. The summed E-state index contributed by atoms with van der Waals surface area (Å²) in [5, 5.41) is 0.187. The van der Waals surface area contributed by atoms with Gasteiger partial charge in [0.15, 0.2) is 0 Å². The maximum absolute atomic E-state index is 12.4. The Hall–Kier alpha value is -1.03. The van der Waals surface area contributed by atoms with Gasteiger partial charge in [0.1, 0.15) is 5.15 Å². The Labute approximate surface area is 111 Å². The van der Waals surface area contributed by atoms with Gasteiger partial charge in [0.05, 0.1) is 5.56 Å². The molecule has 0 unspecified atom stereocenters. The number of hydrogen-bond acceptors (Lipinski definition) is 2. The average molecular weight is 271 g/mol. The second-order valence-electron chi connectivity index (χ2n) is 5.28. The summed E-state index contributed by atoms with van der Waals surface area (Å²) in [6.45, 7) is 3.82. The van der Waals surface area contributed by atoms with Crippen LogP contribution < -0.4 is 11.2 Å². The highest BCUT2D eigenvalue weighted by Crippen LogP contribution is 2.26. The summed E-state index contributed by atoms with van der Waals surface area (Å²) in [5.74, 6) is 0.0108. The lowest BCUT2D eigenvalue weighted by atomic mass is 9.95. The maximum atomic E-state index is 12.4. The highest BCUT2D eigenvalue weighted by atomic mass is 35.5. The van der Waals surface area contributed by atoms with Crippen LogP contribution in [0.25, 0.3) is 0 Å². The molecule has 0 amide bonds. The van der Waals surface area contributed by atoms with Crippen LogP contribution in [0, 0.1) is 0 Å². The quantitative estimate of drug-likeness (QED) is 0.840. The lowest BCUT2D eigenvalue weighted by molar-refractivity contribution is 0.334. The molecule has 0 bridgehead atoms. The van der Waals surface area contributed by atoms with E-state index in [0.717, 1.165) is 25.7 Å². The molecule has 1 fully saturated rings. The predicted octanol–water partition coefficient (Wildman–Crippen LogP) is 2.82. The Morgan fingerprint density at radius 2 is 1.83 bits per heavy atom. The minimum Gasteiger partial charge on any atom is -0.297 e. The molecule has 1 heterocycles. The van der Waals surface area contributed by atoms with Crippen molar-refractivity contribution < 1.29 is 0 Å². The largest absolute Gasteiger partial charge is 0.329 e. The van der Waals surface area contributed by atoms with Crippen LogP contribution in [0.1, 0.15) is 63.5 Å². The first-order valence-corrected chi connectivity index (χ1v) is 6.94. The molecule has 5 heteroatoms. The van der Waals surface area contributed by atoms with Crippen molar-refractivity contribution in [1.29, 1.82) is 0 Å². The van der Waals surface area contributed by atoms with E-state index in [0.29, 0.717) is 5.56 Å². The van der Waals surface area contributed by atoms with Gasteiger partial charge in [-0.15, -0.1) is 0 Å². The molecule has 4 nitrogen and oxygen atoms in total. The van der Waals surface area contributed by atoms with Gasteiger partial charge in [0, 0.05) is 6.04 Å². The van der Waals surface area contributed by atoms with Gasteiger partial charge in [-0.1, -0.05) is 44.7 Å². The van der Waals surface area contributed by atoms with Crippen molar-refractivity contribution in [2.75, 3.05) is 0 Å². The molecule has 0 saturated heterocycles. The van der Waals surface area contributed by atoms with E-state index < -0.39 is 0 Å². The van der Waals surface area contributed by atoms with E-state index in [2.05, 4.69) is 4.98 Å². The van der Waals surface area contributed by atoms with E-state index in [1.54, 1.807) is 0 Å². The van der Waals surface area contributed by atoms with Gasteiger partial charge in [0.2, 0.25) is 0 Å². The van der Waals surface area contributed by atoms with Gasteiger partial charge in [-0.05, 0) is 18.8 Å². The number of aromatic amines is 1. The van der Waals surface area contributed by atoms with E-state index in [-0.39, 0.29) is 28.4 Å². The van der Waals surface area contributed by atoms with Gasteiger partial charge in [-0.25, -0.2) is 4.79 Å². The molecule has 1 N–H and O–H groups in total. The summed E-state index contributed by atoms with van der Waals surface area (Å²) >= 11 is 5.97. The summed E-state index contributed by atoms with van der Waals surface area (Å²) < 4.78 is 1.38. The van der Waals surface area contributed by atoms with Crippen LogP contribution in [-0.4, -0.2) is 9.55 Å². The summed E-state index contributed by atoms with van der Waals surface area (Å²) in [5.41, 5.74) is -0.0752. The zero-order chi connectivity index (χ0) is 13.3. The topological polar surface area (TPSA) is 54.9 Å². The normalized spacial score (nSPS) is 17.3. The Balaban J connectivity index is 2.56. The third-order valence-electron chi connectivity index (χ3n) is 3.64. The third-order valence-corrected chi connectivity index (χ3v) is 3.94. The smallest absolute Gasteiger partial charge is 0.297 e. The van der Waals surface area contributed by atoms with Crippen molar-refractivity contribution in [3.05, 3.63) is 31.6 Å². The highest BCUT2D eigenvalue weighted by Gasteiger charge is 2.22. The second-order valence-corrected chi connectivity index (χ2v) is 5.66. The Morgan fingerprint density at radius 1 is 1.22 bits per heavy atom. The molecule has 0 aromatic carbocycles. The molecule has 1 aromatic heterocycles. The van der Waals surface area contributed by atoms with Crippen LogP contribution in [0.15, 0.2) is 9.59 Å². The molecule has 0 radical (unpaired) electrons. The van der Waals surface area contributed by atoms with Crippen molar-refractivity contribution in [3.8, 4) is 0 Å². The Morgan fingerprint density at radius 3 is 2.39 bits per heavy atom. The van der Waals surface area contributed by atoms with Crippen molar-refractivity contribution in [3.63, 3.8) is 0 Å². The van der Waals surface area contributed by atoms with E-state index in [1.165, 1.54) is 11.0 Å². The molecule has 1 aliphatic carbocycles. The number of nitrogens with one attached hydrogen (secondary N) is 1. The third kappa shape index (κ3) is 2.39. The molecule has 0 aliphatic heterocycles. The maximum Gasteiger partial charge on any atom is 0.329 e. The lowest BCUT2D eigenvalue weighted by Gasteiger charge is -2.24. The van der Waals surface area contributed by atoms with Crippen LogP contribution in [-0.2, 0) is 0 Å². The summed E-state index contributed by atoms with van der Waals surface area (Å²) in [6.07, 6.45) is 5.16. The van der Waals surface area contributed by atoms with E-state index in [9.17, 15) is 9.59 Å². The van der Waals surface area contributed by atoms with Crippen LogP contribution in [0.5, 0.6) is 0 Å². The van der Waals surface area contributed by atoms with E-state index in [4.69, 9.17) is 11.6 Å². The molecule has 1 aliphatic rings. The number of halogens is 1. The van der Waals surface area contributed by atoms with E-state index in [1.807, 2.05) is 13.8 Å². The molecular formula is C13H19ClN2O2.